The van der Waals surface area contributed by atoms with Gasteiger partial charge in [0.2, 0.25) is 5.91 Å². The lowest BCUT2D eigenvalue weighted by Gasteiger charge is -2.16. The molecule has 0 saturated carbocycles. The fraction of sp³-hybridized carbons (Fsp3) is 0.160. The van der Waals surface area contributed by atoms with Crippen LogP contribution < -0.4 is 11.5 Å². The number of carbonyl (C=O) groups excluding carboxylic acids is 3. The maximum absolute atomic E-state index is 14.8. The monoisotopic (exact) mass is 513 g/mol. The van der Waals surface area contributed by atoms with Gasteiger partial charge in [0.1, 0.15) is 11.5 Å². The average molecular weight is 513 g/mol. The highest BCUT2D eigenvalue weighted by Gasteiger charge is 2.41. The minimum atomic E-state index is -5.04. The molecular formula is C25H19F4N5O3. The Kier molecular flexibility index (Phi) is 6.28. The fourth-order valence-corrected chi connectivity index (χ4v) is 4.16. The molecule has 0 radical (unpaired) electrons. The SMILES string of the molecule is CC(=O)c1ccc(Cn2nc(C(F)(F)F)c(-c3c(C(N)=O)nc4cccc(F)c4c3C(N)=O)c2C)cc1. The Balaban J connectivity index is 2.06. The van der Waals surface area contributed by atoms with E-state index in [-0.39, 0.29) is 23.5 Å². The lowest BCUT2D eigenvalue weighted by molar-refractivity contribution is -0.141. The number of nitrogens with zero attached hydrogens (tertiary/aromatic N) is 3. The number of benzene rings is 2. The van der Waals surface area contributed by atoms with Crippen LogP contribution in [0.3, 0.4) is 0 Å². The molecule has 0 spiro atoms. The number of aromatic nitrogens is 3. The molecule has 2 amide bonds. The fourth-order valence-electron chi connectivity index (χ4n) is 4.16. The van der Waals surface area contributed by atoms with Crippen LogP contribution in [0.25, 0.3) is 22.0 Å². The third-order valence-electron chi connectivity index (χ3n) is 5.86. The zero-order valence-electron chi connectivity index (χ0n) is 19.5. The summed E-state index contributed by atoms with van der Waals surface area (Å²) in [6, 6.07) is 9.66. The maximum atomic E-state index is 14.8. The lowest BCUT2D eigenvalue weighted by atomic mass is 9.91. The molecule has 0 aliphatic rings. The summed E-state index contributed by atoms with van der Waals surface area (Å²) in [5.74, 6) is -3.68. The molecule has 8 nitrogen and oxygen atoms in total. The van der Waals surface area contributed by atoms with Gasteiger partial charge in [0.25, 0.3) is 5.91 Å². The van der Waals surface area contributed by atoms with Gasteiger partial charge in [-0.2, -0.15) is 18.3 Å². The van der Waals surface area contributed by atoms with Crippen molar-refractivity contribution in [2.45, 2.75) is 26.6 Å². The van der Waals surface area contributed by atoms with Gasteiger partial charge in [-0.3, -0.25) is 19.1 Å². The average Bonchev–Trinajstić information content (AvgIpc) is 3.14. The molecule has 2 heterocycles. The topological polar surface area (TPSA) is 134 Å². The number of ketones is 1. The molecule has 4 rings (SSSR count). The summed E-state index contributed by atoms with van der Waals surface area (Å²) in [7, 11) is 0. The Bertz CT molecular complexity index is 1590. The number of pyridine rings is 1. The summed E-state index contributed by atoms with van der Waals surface area (Å²) < 4.78 is 58.5. The number of fused-ring (bicyclic) bond motifs is 1. The number of halogens is 4. The number of nitrogens with two attached hydrogens (primary N) is 2. The van der Waals surface area contributed by atoms with E-state index < -0.39 is 57.3 Å². The highest BCUT2D eigenvalue weighted by molar-refractivity contribution is 6.16. The number of carbonyl (C=O) groups is 3. The third-order valence-corrected chi connectivity index (χ3v) is 5.86. The molecule has 0 saturated heterocycles. The summed E-state index contributed by atoms with van der Waals surface area (Å²) in [6.07, 6.45) is -5.04. The number of hydrogen-bond donors (Lipinski definition) is 2. The summed E-state index contributed by atoms with van der Waals surface area (Å²) >= 11 is 0. The van der Waals surface area contributed by atoms with Gasteiger partial charge in [0.05, 0.1) is 17.6 Å². The van der Waals surface area contributed by atoms with Gasteiger partial charge in [0, 0.05) is 27.8 Å². The molecule has 2 aromatic carbocycles. The standard InChI is InChI=1S/C25H19F4N5O3/c1-11-17(19-20(23(30)36)18-15(26)4-3-5-16(18)32-21(19)24(31)37)22(25(27,28)29)33-34(11)10-13-6-8-14(9-7-13)12(2)35/h3-9H,10H2,1-2H3,(H2,30,36)(H2,31,37). The molecule has 37 heavy (non-hydrogen) atoms. The van der Waals surface area contributed by atoms with Gasteiger partial charge >= 0.3 is 6.18 Å². The van der Waals surface area contributed by atoms with Gasteiger partial charge in [0.15, 0.2) is 11.5 Å². The summed E-state index contributed by atoms with van der Waals surface area (Å²) in [4.78, 5) is 40.4. The van der Waals surface area contributed by atoms with Gasteiger partial charge in [-0.1, -0.05) is 30.3 Å². The highest BCUT2D eigenvalue weighted by atomic mass is 19.4. The van der Waals surface area contributed by atoms with Gasteiger partial charge in [-0.15, -0.1) is 0 Å². The van der Waals surface area contributed by atoms with E-state index in [4.69, 9.17) is 11.5 Å². The van der Waals surface area contributed by atoms with E-state index in [0.717, 1.165) is 10.7 Å². The third kappa shape index (κ3) is 4.53. The number of Topliss-reactive ketones (excluding diaryl/α,β-unsaturated/α-hetero) is 1. The van der Waals surface area contributed by atoms with Crippen molar-refractivity contribution < 1.29 is 31.9 Å². The van der Waals surface area contributed by atoms with Crippen LogP contribution in [-0.4, -0.2) is 32.4 Å². The van der Waals surface area contributed by atoms with Gasteiger partial charge in [-0.05, 0) is 31.5 Å². The van der Waals surface area contributed by atoms with E-state index in [2.05, 4.69) is 10.1 Å². The van der Waals surface area contributed by atoms with Gasteiger partial charge < -0.3 is 11.5 Å². The number of alkyl halides is 3. The molecule has 0 aliphatic heterocycles. The van der Waals surface area contributed by atoms with E-state index >= 15 is 0 Å². The van der Waals surface area contributed by atoms with E-state index in [1.165, 1.54) is 38.1 Å². The Morgan fingerprint density at radius 2 is 1.62 bits per heavy atom. The normalized spacial score (nSPS) is 11.6. The predicted molar refractivity (Wildman–Crippen MR) is 125 cm³/mol. The van der Waals surface area contributed by atoms with Crippen LogP contribution >= 0.6 is 0 Å². The number of primary amides is 2. The van der Waals surface area contributed by atoms with Crippen molar-refractivity contribution in [3.8, 4) is 11.1 Å². The molecular weight excluding hydrogens is 494 g/mol. The summed E-state index contributed by atoms with van der Waals surface area (Å²) in [6.45, 7) is 2.52. The number of hydrogen-bond acceptors (Lipinski definition) is 5. The largest absolute Gasteiger partial charge is 0.435 e. The van der Waals surface area contributed by atoms with Crippen LogP contribution in [0.1, 0.15) is 55.1 Å². The lowest BCUT2D eigenvalue weighted by Crippen LogP contribution is -2.22. The molecule has 4 aromatic rings. The number of amides is 2. The maximum Gasteiger partial charge on any atom is 0.435 e. The first-order chi connectivity index (χ1) is 17.3. The van der Waals surface area contributed by atoms with Gasteiger partial charge in [-0.25, -0.2) is 9.37 Å². The second-order valence-electron chi connectivity index (χ2n) is 8.29. The molecule has 2 aromatic heterocycles. The van der Waals surface area contributed by atoms with E-state index in [1.807, 2.05) is 0 Å². The minimum Gasteiger partial charge on any atom is -0.366 e. The van der Waals surface area contributed by atoms with E-state index in [0.29, 0.717) is 11.1 Å². The number of rotatable bonds is 6. The Labute approximate surface area is 206 Å². The summed E-state index contributed by atoms with van der Waals surface area (Å²) in [5.41, 5.74) is 7.48. The first-order valence-corrected chi connectivity index (χ1v) is 10.8. The molecule has 0 atom stereocenters. The van der Waals surface area contributed by atoms with Crippen LogP contribution in [0, 0.1) is 12.7 Å². The molecule has 4 N–H and O–H groups in total. The first-order valence-electron chi connectivity index (χ1n) is 10.8. The van der Waals surface area contributed by atoms with Crippen LogP contribution in [0.5, 0.6) is 0 Å². The van der Waals surface area contributed by atoms with Crippen molar-refractivity contribution in [1.29, 1.82) is 0 Å². The second-order valence-corrected chi connectivity index (χ2v) is 8.29. The molecule has 0 bridgehead atoms. The summed E-state index contributed by atoms with van der Waals surface area (Å²) in [5, 5.41) is 3.26. The van der Waals surface area contributed by atoms with Crippen LogP contribution in [-0.2, 0) is 12.7 Å². The molecule has 12 heteroatoms. The smallest absolute Gasteiger partial charge is 0.366 e. The second kappa shape index (κ2) is 9.12. The first kappa shape index (κ1) is 25.5. The molecule has 0 aliphatic carbocycles. The Morgan fingerprint density at radius 3 is 2.16 bits per heavy atom. The van der Waals surface area contributed by atoms with Crippen LogP contribution in [0.2, 0.25) is 0 Å². The van der Waals surface area contributed by atoms with Crippen molar-refractivity contribution in [3.63, 3.8) is 0 Å². The van der Waals surface area contributed by atoms with Crippen molar-refractivity contribution >= 4 is 28.5 Å². The zero-order valence-corrected chi connectivity index (χ0v) is 19.5. The quantitative estimate of drug-likeness (QED) is 0.297. The van der Waals surface area contributed by atoms with Crippen molar-refractivity contribution in [1.82, 2.24) is 14.8 Å². The Morgan fingerprint density at radius 1 is 0.973 bits per heavy atom. The molecule has 0 fully saturated rings. The molecule has 0 unspecified atom stereocenters. The van der Waals surface area contributed by atoms with Crippen molar-refractivity contribution in [3.05, 3.63) is 82.1 Å². The van der Waals surface area contributed by atoms with E-state index in [1.54, 1.807) is 12.1 Å². The van der Waals surface area contributed by atoms with Crippen molar-refractivity contribution in [2.24, 2.45) is 11.5 Å². The highest BCUT2D eigenvalue weighted by Crippen LogP contribution is 2.42. The predicted octanol–water partition coefficient (Wildman–Crippen LogP) is 4.01. The van der Waals surface area contributed by atoms with E-state index in [9.17, 15) is 31.9 Å². The van der Waals surface area contributed by atoms with Crippen molar-refractivity contribution in [2.75, 3.05) is 0 Å². The zero-order chi connectivity index (χ0) is 27.2. The van der Waals surface area contributed by atoms with Crippen LogP contribution in [0.4, 0.5) is 17.6 Å². The Hall–Kier alpha value is -4.61. The molecule has 190 valence electrons. The van der Waals surface area contributed by atoms with Crippen LogP contribution in [0.15, 0.2) is 42.5 Å². The minimum absolute atomic E-state index is 0.106.